The summed E-state index contributed by atoms with van der Waals surface area (Å²) in [4.78, 5) is 27.4. The Hall–Kier alpha value is -1.10. The highest BCUT2D eigenvalue weighted by molar-refractivity contribution is 6.35. The zero-order chi connectivity index (χ0) is 13.5. The molecule has 5 nitrogen and oxygen atoms in total. The van der Waals surface area contributed by atoms with Crippen molar-refractivity contribution in [2.75, 3.05) is 26.2 Å². The van der Waals surface area contributed by atoms with E-state index in [1.807, 2.05) is 13.8 Å². The van der Waals surface area contributed by atoms with Crippen LogP contribution in [0.2, 0.25) is 0 Å². The molecule has 1 rings (SSSR count). The summed E-state index contributed by atoms with van der Waals surface area (Å²) in [5.41, 5.74) is 0. The Bertz CT molecular complexity index is 294. The minimum atomic E-state index is -0.480. The van der Waals surface area contributed by atoms with Gasteiger partial charge >= 0.3 is 11.8 Å². The van der Waals surface area contributed by atoms with Gasteiger partial charge in [0.2, 0.25) is 0 Å². The largest absolute Gasteiger partial charge is 0.395 e. The highest BCUT2D eigenvalue weighted by Gasteiger charge is 2.31. The van der Waals surface area contributed by atoms with Crippen LogP contribution in [0.25, 0.3) is 0 Å². The van der Waals surface area contributed by atoms with Gasteiger partial charge in [0.25, 0.3) is 0 Å². The molecule has 1 unspecified atom stereocenters. The second-order valence-corrected chi connectivity index (χ2v) is 4.66. The van der Waals surface area contributed by atoms with E-state index in [-0.39, 0.29) is 19.2 Å². The maximum absolute atomic E-state index is 12.2. The lowest BCUT2D eigenvalue weighted by atomic mass is 10.00. The molecule has 0 spiro atoms. The van der Waals surface area contributed by atoms with Crippen molar-refractivity contribution in [2.45, 2.75) is 45.6 Å². The number of aliphatic hydroxyl groups excluding tert-OH is 1. The predicted octanol–water partition coefficient (Wildman–Crippen LogP) is 0.618. The fourth-order valence-electron chi connectivity index (χ4n) is 2.47. The lowest BCUT2D eigenvalue weighted by molar-refractivity contribution is -0.154. The van der Waals surface area contributed by atoms with Crippen LogP contribution in [0.4, 0.5) is 0 Å². The van der Waals surface area contributed by atoms with Crippen LogP contribution in [0.3, 0.4) is 0 Å². The van der Waals surface area contributed by atoms with E-state index in [0.29, 0.717) is 13.1 Å². The molecule has 0 aliphatic carbocycles. The van der Waals surface area contributed by atoms with Gasteiger partial charge in [-0.2, -0.15) is 0 Å². The molecule has 1 aliphatic rings. The number of hydrogen-bond acceptors (Lipinski definition) is 3. The Morgan fingerprint density at radius 2 is 2.06 bits per heavy atom. The molecule has 0 aromatic carbocycles. The van der Waals surface area contributed by atoms with Crippen LogP contribution in [-0.2, 0) is 9.59 Å². The average Bonchev–Trinajstić information content (AvgIpc) is 2.43. The Morgan fingerprint density at radius 3 is 2.61 bits per heavy atom. The molecule has 5 heteroatoms. The van der Waals surface area contributed by atoms with E-state index in [0.717, 1.165) is 25.7 Å². The van der Waals surface area contributed by atoms with Crippen molar-refractivity contribution >= 4 is 11.8 Å². The van der Waals surface area contributed by atoms with Gasteiger partial charge in [-0.15, -0.1) is 0 Å². The number of amides is 2. The van der Waals surface area contributed by atoms with Gasteiger partial charge in [-0.1, -0.05) is 6.92 Å². The van der Waals surface area contributed by atoms with Gasteiger partial charge in [-0.05, 0) is 32.6 Å². The molecule has 18 heavy (non-hydrogen) atoms. The number of aliphatic hydroxyl groups is 1. The molecule has 104 valence electrons. The number of likely N-dealkylation sites (N-methyl/N-ethyl adjacent to an activating group) is 1. The van der Waals surface area contributed by atoms with Crippen molar-refractivity contribution in [3.8, 4) is 0 Å². The minimum Gasteiger partial charge on any atom is -0.395 e. The first-order valence-electron chi connectivity index (χ1n) is 6.86. The normalized spacial score (nSPS) is 19.7. The molecule has 0 saturated carbocycles. The molecule has 1 aliphatic heterocycles. The van der Waals surface area contributed by atoms with E-state index in [1.54, 1.807) is 4.90 Å². The van der Waals surface area contributed by atoms with Crippen LogP contribution >= 0.6 is 0 Å². The van der Waals surface area contributed by atoms with Crippen molar-refractivity contribution in [2.24, 2.45) is 0 Å². The number of carbonyl (C=O) groups is 2. The van der Waals surface area contributed by atoms with Gasteiger partial charge in [-0.25, -0.2) is 0 Å². The van der Waals surface area contributed by atoms with Crippen LogP contribution in [0, 0.1) is 0 Å². The van der Waals surface area contributed by atoms with Crippen LogP contribution in [0.5, 0.6) is 0 Å². The number of nitrogens with zero attached hydrogens (tertiary/aromatic N) is 2. The van der Waals surface area contributed by atoms with Crippen LogP contribution < -0.4 is 0 Å². The Labute approximate surface area is 109 Å². The van der Waals surface area contributed by atoms with E-state index in [4.69, 9.17) is 5.11 Å². The minimum absolute atomic E-state index is 0.107. The van der Waals surface area contributed by atoms with Crippen molar-refractivity contribution in [3.63, 3.8) is 0 Å². The summed E-state index contributed by atoms with van der Waals surface area (Å²) >= 11 is 0. The maximum atomic E-state index is 12.2. The topological polar surface area (TPSA) is 60.9 Å². The van der Waals surface area contributed by atoms with Crippen LogP contribution in [0.1, 0.15) is 39.5 Å². The molecule has 0 radical (unpaired) electrons. The molecule has 1 fully saturated rings. The summed E-state index contributed by atoms with van der Waals surface area (Å²) in [6, 6.07) is 0.197. The summed E-state index contributed by atoms with van der Waals surface area (Å²) < 4.78 is 0. The molecule has 1 heterocycles. The van der Waals surface area contributed by atoms with Crippen molar-refractivity contribution in [1.82, 2.24) is 9.80 Å². The standard InChI is InChI=1S/C13H24N2O3/c1-3-11-7-5-6-8-15(11)13(18)12(17)14(4-2)9-10-16/h11,16H,3-10H2,1-2H3. The summed E-state index contributed by atoms with van der Waals surface area (Å²) in [5, 5.41) is 8.89. The Kier molecular flexibility index (Phi) is 6.12. The Morgan fingerprint density at radius 1 is 1.33 bits per heavy atom. The second kappa shape index (κ2) is 7.36. The SMILES string of the molecule is CCC1CCCCN1C(=O)C(=O)N(CC)CCO. The van der Waals surface area contributed by atoms with Gasteiger partial charge in [0, 0.05) is 25.7 Å². The maximum Gasteiger partial charge on any atom is 0.312 e. The summed E-state index contributed by atoms with van der Waals surface area (Å²) in [7, 11) is 0. The highest BCUT2D eigenvalue weighted by atomic mass is 16.3. The summed E-state index contributed by atoms with van der Waals surface area (Å²) in [6.45, 7) is 5.12. The number of piperidine rings is 1. The number of carbonyl (C=O) groups excluding carboxylic acids is 2. The molecule has 0 aromatic heterocycles. The average molecular weight is 256 g/mol. The zero-order valence-electron chi connectivity index (χ0n) is 11.4. The lowest BCUT2D eigenvalue weighted by Crippen LogP contribution is -2.51. The van der Waals surface area contributed by atoms with E-state index in [2.05, 4.69) is 0 Å². The molecular formula is C13H24N2O3. The second-order valence-electron chi connectivity index (χ2n) is 4.66. The first-order valence-corrected chi connectivity index (χ1v) is 6.86. The quantitative estimate of drug-likeness (QED) is 0.750. The predicted molar refractivity (Wildman–Crippen MR) is 69.0 cm³/mol. The third kappa shape index (κ3) is 3.45. The summed E-state index contributed by atoms with van der Waals surface area (Å²) in [5.74, 6) is -0.885. The van der Waals surface area contributed by atoms with E-state index in [1.165, 1.54) is 4.90 Å². The first kappa shape index (κ1) is 15.0. The zero-order valence-corrected chi connectivity index (χ0v) is 11.4. The van der Waals surface area contributed by atoms with Gasteiger partial charge in [0.15, 0.2) is 0 Å². The van der Waals surface area contributed by atoms with Gasteiger partial charge in [0.1, 0.15) is 0 Å². The smallest absolute Gasteiger partial charge is 0.312 e. The number of rotatable bonds is 4. The molecule has 0 bridgehead atoms. The van der Waals surface area contributed by atoms with Crippen molar-refractivity contribution < 1.29 is 14.7 Å². The van der Waals surface area contributed by atoms with Crippen molar-refractivity contribution in [1.29, 1.82) is 0 Å². The van der Waals surface area contributed by atoms with Gasteiger partial charge < -0.3 is 14.9 Å². The third-order valence-corrected chi connectivity index (χ3v) is 3.58. The van der Waals surface area contributed by atoms with Gasteiger partial charge in [0.05, 0.1) is 6.61 Å². The van der Waals surface area contributed by atoms with Crippen LogP contribution in [0.15, 0.2) is 0 Å². The van der Waals surface area contributed by atoms with E-state index in [9.17, 15) is 9.59 Å². The molecule has 0 aromatic rings. The van der Waals surface area contributed by atoms with Crippen molar-refractivity contribution in [3.05, 3.63) is 0 Å². The monoisotopic (exact) mass is 256 g/mol. The summed E-state index contributed by atoms with van der Waals surface area (Å²) in [6.07, 6.45) is 3.99. The van der Waals surface area contributed by atoms with E-state index >= 15 is 0 Å². The molecule has 1 saturated heterocycles. The highest BCUT2D eigenvalue weighted by Crippen LogP contribution is 2.19. The molecule has 1 N–H and O–H groups in total. The van der Waals surface area contributed by atoms with Crippen LogP contribution in [-0.4, -0.2) is 59.0 Å². The van der Waals surface area contributed by atoms with E-state index < -0.39 is 11.8 Å². The first-order chi connectivity index (χ1) is 8.65. The fraction of sp³-hybridized carbons (Fsp3) is 0.846. The Balaban J connectivity index is 2.68. The third-order valence-electron chi connectivity index (χ3n) is 3.58. The molecular weight excluding hydrogens is 232 g/mol. The fourth-order valence-corrected chi connectivity index (χ4v) is 2.47. The molecule has 2 amide bonds. The molecule has 1 atom stereocenters. The van der Waals surface area contributed by atoms with Gasteiger partial charge in [-0.3, -0.25) is 9.59 Å². The lowest BCUT2D eigenvalue weighted by Gasteiger charge is -2.35. The number of hydrogen-bond donors (Lipinski definition) is 1. The number of likely N-dealkylation sites (tertiary alicyclic amines) is 1.